The number of nitro groups is 1. The molecule has 0 aliphatic carbocycles. The Balaban J connectivity index is 2.30. The van der Waals surface area contributed by atoms with Gasteiger partial charge in [0, 0.05) is 12.1 Å². The fraction of sp³-hybridized carbons (Fsp3) is 0.250. The summed E-state index contributed by atoms with van der Waals surface area (Å²) >= 11 is 0. The molecule has 0 N–H and O–H groups in total. The summed E-state index contributed by atoms with van der Waals surface area (Å²) in [7, 11) is -4.04. The Kier molecular flexibility index (Phi) is 4.70. The molecular weight excluding hydrogens is 318 g/mol. The van der Waals surface area contributed by atoms with Gasteiger partial charge in [-0.25, -0.2) is 0 Å². The highest BCUT2D eigenvalue weighted by molar-refractivity contribution is 7.87. The van der Waals surface area contributed by atoms with E-state index in [2.05, 4.69) is 0 Å². The Morgan fingerprint density at radius 2 is 1.70 bits per heavy atom. The number of rotatable bonds is 5. The van der Waals surface area contributed by atoms with Crippen molar-refractivity contribution in [2.75, 3.05) is 0 Å². The number of aryl methyl sites for hydroxylation is 1. The van der Waals surface area contributed by atoms with Gasteiger partial charge in [0.1, 0.15) is 10.6 Å². The van der Waals surface area contributed by atoms with Crippen molar-refractivity contribution in [2.45, 2.75) is 31.6 Å². The van der Waals surface area contributed by atoms with Crippen LogP contribution in [-0.2, 0) is 10.1 Å². The third kappa shape index (κ3) is 3.87. The van der Waals surface area contributed by atoms with Gasteiger partial charge in [0.2, 0.25) is 0 Å². The minimum Gasteiger partial charge on any atom is -0.379 e. The quantitative estimate of drug-likeness (QED) is 0.471. The van der Waals surface area contributed by atoms with Crippen molar-refractivity contribution in [1.82, 2.24) is 0 Å². The molecule has 2 aromatic carbocycles. The van der Waals surface area contributed by atoms with Crippen LogP contribution in [-0.4, -0.2) is 13.3 Å². The second-order valence-electron chi connectivity index (χ2n) is 5.47. The molecule has 7 heteroatoms. The van der Waals surface area contributed by atoms with Crippen LogP contribution in [0.25, 0.3) is 0 Å². The molecule has 0 radical (unpaired) electrons. The predicted octanol–water partition coefficient (Wildman–Crippen LogP) is 3.79. The molecule has 0 unspecified atom stereocenters. The van der Waals surface area contributed by atoms with E-state index in [1.807, 2.05) is 13.8 Å². The van der Waals surface area contributed by atoms with Gasteiger partial charge in [0.15, 0.2) is 0 Å². The van der Waals surface area contributed by atoms with E-state index >= 15 is 0 Å². The van der Waals surface area contributed by atoms with Gasteiger partial charge >= 0.3 is 10.1 Å². The molecule has 0 fully saturated rings. The smallest absolute Gasteiger partial charge is 0.339 e. The molecule has 0 spiro atoms. The van der Waals surface area contributed by atoms with Crippen LogP contribution in [0.15, 0.2) is 47.4 Å². The molecule has 6 nitrogen and oxygen atoms in total. The summed E-state index contributed by atoms with van der Waals surface area (Å²) in [5, 5.41) is 10.7. The van der Waals surface area contributed by atoms with Crippen LogP contribution >= 0.6 is 0 Å². The normalized spacial score (nSPS) is 11.5. The monoisotopic (exact) mass is 335 g/mol. The molecule has 23 heavy (non-hydrogen) atoms. The minimum absolute atomic E-state index is 0.0870. The fourth-order valence-electron chi connectivity index (χ4n) is 2.11. The van der Waals surface area contributed by atoms with Crippen LogP contribution in [0.1, 0.15) is 30.9 Å². The second kappa shape index (κ2) is 6.37. The molecular formula is C16H17NO5S. The van der Waals surface area contributed by atoms with Crippen LogP contribution in [0.2, 0.25) is 0 Å². The molecule has 0 bridgehead atoms. The second-order valence-corrected chi connectivity index (χ2v) is 6.98. The molecule has 0 aliphatic rings. The standard InChI is InChI=1S/C16H17NO5S/c1-11(2)13-4-7-15(8-5-13)22-23(20,21)16-9-6-14(17(18)19)10-12(16)3/h4-11H,1-3H3. The van der Waals surface area contributed by atoms with Gasteiger partial charge in [-0.05, 0) is 42.2 Å². The topological polar surface area (TPSA) is 86.5 Å². The molecule has 0 aliphatic heterocycles. The highest BCUT2D eigenvalue weighted by Crippen LogP contribution is 2.25. The average molecular weight is 335 g/mol. The van der Waals surface area contributed by atoms with E-state index in [-0.39, 0.29) is 21.9 Å². The lowest BCUT2D eigenvalue weighted by molar-refractivity contribution is -0.385. The van der Waals surface area contributed by atoms with Crippen LogP contribution < -0.4 is 4.18 Å². The number of non-ortho nitro benzene ring substituents is 1. The zero-order valence-electron chi connectivity index (χ0n) is 13.0. The van der Waals surface area contributed by atoms with Crippen LogP contribution in [0.5, 0.6) is 5.75 Å². The number of hydrogen-bond donors (Lipinski definition) is 0. The van der Waals surface area contributed by atoms with Crippen molar-refractivity contribution in [1.29, 1.82) is 0 Å². The summed E-state index contributed by atoms with van der Waals surface area (Å²) in [4.78, 5) is 10.1. The van der Waals surface area contributed by atoms with Crippen LogP contribution in [0.3, 0.4) is 0 Å². The third-order valence-corrected chi connectivity index (χ3v) is 4.80. The first-order chi connectivity index (χ1) is 10.7. The molecule has 0 atom stereocenters. The molecule has 0 saturated heterocycles. The first-order valence-electron chi connectivity index (χ1n) is 7.00. The minimum atomic E-state index is -4.04. The van der Waals surface area contributed by atoms with Crippen LogP contribution in [0.4, 0.5) is 5.69 Å². The van der Waals surface area contributed by atoms with Gasteiger partial charge in [-0.3, -0.25) is 10.1 Å². The summed E-state index contributed by atoms with van der Waals surface area (Å²) in [5.74, 6) is 0.532. The van der Waals surface area contributed by atoms with E-state index in [1.165, 1.54) is 19.1 Å². The summed E-state index contributed by atoms with van der Waals surface area (Å²) < 4.78 is 29.8. The summed E-state index contributed by atoms with van der Waals surface area (Å²) in [6.07, 6.45) is 0. The fourth-order valence-corrected chi connectivity index (χ4v) is 3.25. The first-order valence-corrected chi connectivity index (χ1v) is 8.41. The number of nitro benzene ring substituents is 1. The van der Waals surface area contributed by atoms with E-state index in [4.69, 9.17) is 4.18 Å². The zero-order chi connectivity index (χ0) is 17.2. The Hall–Kier alpha value is -2.41. The molecule has 0 saturated carbocycles. The number of benzene rings is 2. The maximum atomic E-state index is 12.3. The highest BCUT2D eigenvalue weighted by atomic mass is 32.2. The SMILES string of the molecule is Cc1cc([N+](=O)[O-])ccc1S(=O)(=O)Oc1ccc(C(C)C)cc1. The maximum absolute atomic E-state index is 12.3. The van der Waals surface area contributed by atoms with Crippen molar-refractivity contribution in [3.8, 4) is 5.75 Å². The molecule has 0 heterocycles. The molecule has 0 amide bonds. The molecule has 122 valence electrons. The lowest BCUT2D eigenvalue weighted by Crippen LogP contribution is -2.11. The number of hydrogen-bond acceptors (Lipinski definition) is 5. The Morgan fingerprint density at radius 1 is 1.09 bits per heavy atom. The van der Waals surface area contributed by atoms with Crippen LogP contribution in [0, 0.1) is 17.0 Å². The Morgan fingerprint density at radius 3 is 2.17 bits per heavy atom. The Bertz CT molecular complexity index is 826. The van der Waals surface area contributed by atoms with E-state index in [0.717, 1.165) is 11.6 Å². The van der Waals surface area contributed by atoms with Crippen molar-refractivity contribution >= 4 is 15.8 Å². The third-order valence-electron chi connectivity index (χ3n) is 3.39. The van der Waals surface area contributed by atoms with Gasteiger partial charge in [0.25, 0.3) is 5.69 Å². The summed E-state index contributed by atoms with van der Waals surface area (Å²) in [6.45, 7) is 5.56. The van der Waals surface area contributed by atoms with Gasteiger partial charge in [-0.1, -0.05) is 26.0 Å². The van der Waals surface area contributed by atoms with Crippen molar-refractivity contribution in [3.63, 3.8) is 0 Å². The van der Waals surface area contributed by atoms with Crippen molar-refractivity contribution in [2.24, 2.45) is 0 Å². The largest absolute Gasteiger partial charge is 0.379 e. The average Bonchev–Trinajstić information content (AvgIpc) is 2.46. The highest BCUT2D eigenvalue weighted by Gasteiger charge is 2.21. The zero-order valence-corrected chi connectivity index (χ0v) is 13.8. The molecule has 2 aromatic rings. The van der Waals surface area contributed by atoms with E-state index in [0.29, 0.717) is 5.92 Å². The van der Waals surface area contributed by atoms with Gasteiger partial charge in [-0.15, -0.1) is 0 Å². The van der Waals surface area contributed by atoms with Gasteiger partial charge in [0.05, 0.1) is 4.92 Å². The molecule has 0 aromatic heterocycles. The predicted molar refractivity (Wildman–Crippen MR) is 86.2 cm³/mol. The van der Waals surface area contributed by atoms with E-state index in [1.54, 1.807) is 24.3 Å². The maximum Gasteiger partial charge on any atom is 0.339 e. The Labute approximate surface area is 135 Å². The van der Waals surface area contributed by atoms with E-state index in [9.17, 15) is 18.5 Å². The first kappa shape index (κ1) is 17.0. The lowest BCUT2D eigenvalue weighted by atomic mass is 10.0. The summed E-state index contributed by atoms with van der Waals surface area (Å²) in [6, 6.07) is 10.3. The number of nitrogens with zero attached hydrogens (tertiary/aromatic N) is 1. The lowest BCUT2D eigenvalue weighted by Gasteiger charge is -2.10. The van der Waals surface area contributed by atoms with Crippen molar-refractivity contribution < 1.29 is 17.5 Å². The van der Waals surface area contributed by atoms with Crippen molar-refractivity contribution in [3.05, 3.63) is 63.7 Å². The van der Waals surface area contributed by atoms with Gasteiger partial charge < -0.3 is 4.18 Å². The summed E-state index contributed by atoms with van der Waals surface area (Å²) in [5.41, 5.74) is 1.17. The van der Waals surface area contributed by atoms with Gasteiger partial charge in [-0.2, -0.15) is 8.42 Å². The molecule has 2 rings (SSSR count). The van der Waals surface area contributed by atoms with E-state index < -0.39 is 15.0 Å².